The SMILES string of the molecule is CC(C)NC(=O)c1cccc2c1NCCN2. The third-order valence-electron chi connectivity index (χ3n) is 2.47. The van der Waals surface area contributed by atoms with Crippen molar-refractivity contribution in [2.75, 3.05) is 23.7 Å². The Labute approximate surface area is 95.4 Å². The molecule has 1 aliphatic rings. The van der Waals surface area contributed by atoms with Gasteiger partial charge in [-0.25, -0.2) is 0 Å². The van der Waals surface area contributed by atoms with E-state index in [1.165, 1.54) is 0 Å². The predicted octanol–water partition coefficient (Wildman–Crippen LogP) is 1.66. The molecule has 1 heterocycles. The van der Waals surface area contributed by atoms with E-state index in [1.807, 2.05) is 32.0 Å². The molecule has 0 aliphatic carbocycles. The van der Waals surface area contributed by atoms with Crippen LogP contribution in [0.5, 0.6) is 0 Å². The van der Waals surface area contributed by atoms with Crippen molar-refractivity contribution in [1.82, 2.24) is 5.32 Å². The number of hydrogen-bond acceptors (Lipinski definition) is 3. The molecule has 0 saturated carbocycles. The molecule has 86 valence electrons. The Kier molecular flexibility index (Phi) is 2.99. The standard InChI is InChI=1S/C12H17N3O/c1-8(2)15-12(16)9-4-3-5-10-11(9)14-7-6-13-10/h3-5,8,13-14H,6-7H2,1-2H3,(H,15,16). The molecule has 0 saturated heterocycles. The summed E-state index contributed by atoms with van der Waals surface area (Å²) in [5.41, 5.74) is 2.62. The van der Waals surface area contributed by atoms with Gasteiger partial charge in [0.2, 0.25) is 0 Å². The minimum Gasteiger partial charge on any atom is -0.382 e. The molecule has 0 aromatic heterocycles. The van der Waals surface area contributed by atoms with Crippen molar-refractivity contribution in [3.05, 3.63) is 23.8 Å². The zero-order chi connectivity index (χ0) is 11.5. The van der Waals surface area contributed by atoms with E-state index < -0.39 is 0 Å². The highest BCUT2D eigenvalue weighted by atomic mass is 16.1. The summed E-state index contributed by atoms with van der Waals surface area (Å²) in [5.74, 6) is -0.0250. The van der Waals surface area contributed by atoms with Crippen molar-refractivity contribution in [1.29, 1.82) is 0 Å². The summed E-state index contributed by atoms with van der Waals surface area (Å²) in [6, 6.07) is 5.87. The summed E-state index contributed by atoms with van der Waals surface area (Å²) < 4.78 is 0. The second kappa shape index (κ2) is 4.43. The first kappa shape index (κ1) is 10.8. The van der Waals surface area contributed by atoms with Crippen molar-refractivity contribution in [3.8, 4) is 0 Å². The average Bonchev–Trinajstić information content (AvgIpc) is 2.27. The molecule has 0 bridgehead atoms. The molecule has 4 nitrogen and oxygen atoms in total. The van der Waals surface area contributed by atoms with Gasteiger partial charge in [0.15, 0.2) is 0 Å². The maximum absolute atomic E-state index is 11.9. The first-order valence-corrected chi connectivity index (χ1v) is 5.60. The maximum Gasteiger partial charge on any atom is 0.253 e. The van der Waals surface area contributed by atoms with Gasteiger partial charge in [-0.1, -0.05) is 6.07 Å². The van der Waals surface area contributed by atoms with Gasteiger partial charge in [-0.05, 0) is 26.0 Å². The Balaban J connectivity index is 2.30. The number of nitrogens with one attached hydrogen (secondary N) is 3. The molecule has 1 aromatic rings. The highest BCUT2D eigenvalue weighted by Gasteiger charge is 2.17. The fourth-order valence-corrected chi connectivity index (χ4v) is 1.80. The van der Waals surface area contributed by atoms with Gasteiger partial charge >= 0.3 is 0 Å². The number of para-hydroxylation sites is 1. The number of benzene rings is 1. The molecule has 1 aliphatic heterocycles. The van der Waals surface area contributed by atoms with Crippen LogP contribution in [0.1, 0.15) is 24.2 Å². The number of rotatable bonds is 2. The van der Waals surface area contributed by atoms with E-state index in [2.05, 4.69) is 16.0 Å². The van der Waals surface area contributed by atoms with Crippen molar-refractivity contribution in [2.24, 2.45) is 0 Å². The van der Waals surface area contributed by atoms with Crippen LogP contribution in [0.25, 0.3) is 0 Å². The van der Waals surface area contributed by atoms with Gasteiger partial charge < -0.3 is 16.0 Å². The van der Waals surface area contributed by atoms with Crippen LogP contribution in [0.3, 0.4) is 0 Å². The third kappa shape index (κ3) is 2.10. The molecular weight excluding hydrogens is 202 g/mol. The molecular formula is C12H17N3O. The third-order valence-corrected chi connectivity index (χ3v) is 2.47. The second-order valence-corrected chi connectivity index (χ2v) is 4.21. The van der Waals surface area contributed by atoms with Gasteiger partial charge in [0.05, 0.1) is 16.9 Å². The van der Waals surface area contributed by atoms with Gasteiger partial charge in [-0.2, -0.15) is 0 Å². The fourth-order valence-electron chi connectivity index (χ4n) is 1.80. The van der Waals surface area contributed by atoms with Crippen LogP contribution in [0.4, 0.5) is 11.4 Å². The lowest BCUT2D eigenvalue weighted by Gasteiger charge is -2.22. The lowest BCUT2D eigenvalue weighted by Crippen LogP contribution is -2.32. The van der Waals surface area contributed by atoms with Crippen LogP contribution in [-0.4, -0.2) is 25.0 Å². The topological polar surface area (TPSA) is 53.2 Å². The molecule has 1 amide bonds. The van der Waals surface area contributed by atoms with Crippen LogP contribution >= 0.6 is 0 Å². The molecule has 0 radical (unpaired) electrons. The number of anilines is 2. The van der Waals surface area contributed by atoms with Gasteiger partial charge in [0, 0.05) is 19.1 Å². The molecule has 0 spiro atoms. The van der Waals surface area contributed by atoms with E-state index in [1.54, 1.807) is 0 Å². The van der Waals surface area contributed by atoms with Crippen molar-refractivity contribution in [2.45, 2.75) is 19.9 Å². The van der Waals surface area contributed by atoms with Gasteiger partial charge in [-0.15, -0.1) is 0 Å². The highest BCUT2D eigenvalue weighted by molar-refractivity contribution is 6.02. The molecule has 0 atom stereocenters. The number of carbonyl (C=O) groups is 1. The predicted molar refractivity (Wildman–Crippen MR) is 66.0 cm³/mol. The zero-order valence-electron chi connectivity index (χ0n) is 9.63. The number of carbonyl (C=O) groups excluding carboxylic acids is 1. The van der Waals surface area contributed by atoms with Crippen LogP contribution in [0.2, 0.25) is 0 Å². The summed E-state index contributed by atoms with van der Waals surface area (Å²) in [6.07, 6.45) is 0. The van der Waals surface area contributed by atoms with E-state index in [-0.39, 0.29) is 11.9 Å². The number of fused-ring (bicyclic) bond motifs is 1. The van der Waals surface area contributed by atoms with E-state index in [4.69, 9.17) is 0 Å². The Bertz CT molecular complexity index is 401. The van der Waals surface area contributed by atoms with E-state index >= 15 is 0 Å². The monoisotopic (exact) mass is 219 g/mol. The van der Waals surface area contributed by atoms with Crippen LogP contribution in [0.15, 0.2) is 18.2 Å². The summed E-state index contributed by atoms with van der Waals surface area (Å²) in [5, 5.41) is 9.43. The van der Waals surface area contributed by atoms with Crippen LogP contribution < -0.4 is 16.0 Å². The lowest BCUT2D eigenvalue weighted by atomic mass is 10.1. The molecule has 4 heteroatoms. The Morgan fingerprint density at radius 3 is 2.81 bits per heavy atom. The van der Waals surface area contributed by atoms with Gasteiger partial charge in [0.25, 0.3) is 5.91 Å². The molecule has 0 fully saturated rings. The van der Waals surface area contributed by atoms with E-state index in [9.17, 15) is 4.79 Å². The average molecular weight is 219 g/mol. The first-order valence-electron chi connectivity index (χ1n) is 5.60. The smallest absolute Gasteiger partial charge is 0.253 e. The summed E-state index contributed by atoms with van der Waals surface area (Å²) in [6.45, 7) is 5.65. The van der Waals surface area contributed by atoms with Crippen molar-refractivity contribution >= 4 is 17.3 Å². The Morgan fingerprint density at radius 2 is 2.06 bits per heavy atom. The summed E-state index contributed by atoms with van der Waals surface area (Å²) in [4.78, 5) is 11.9. The minimum absolute atomic E-state index is 0.0250. The normalized spacial score (nSPS) is 13.7. The lowest BCUT2D eigenvalue weighted by molar-refractivity contribution is 0.0944. The van der Waals surface area contributed by atoms with Crippen molar-refractivity contribution < 1.29 is 4.79 Å². The Hall–Kier alpha value is -1.71. The first-order chi connectivity index (χ1) is 7.68. The largest absolute Gasteiger partial charge is 0.382 e. The quantitative estimate of drug-likeness (QED) is 0.709. The van der Waals surface area contributed by atoms with E-state index in [0.29, 0.717) is 5.56 Å². The number of hydrogen-bond donors (Lipinski definition) is 3. The number of amides is 1. The Morgan fingerprint density at radius 1 is 1.31 bits per heavy atom. The molecule has 3 N–H and O–H groups in total. The zero-order valence-corrected chi connectivity index (χ0v) is 9.63. The summed E-state index contributed by atoms with van der Waals surface area (Å²) >= 11 is 0. The van der Waals surface area contributed by atoms with Crippen molar-refractivity contribution in [3.63, 3.8) is 0 Å². The second-order valence-electron chi connectivity index (χ2n) is 4.21. The summed E-state index contributed by atoms with van der Waals surface area (Å²) in [7, 11) is 0. The van der Waals surface area contributed by atoms with Gasteiger partial charge in [-0.3, -0.25) is 4.79 Å². The highest BCUT2D eigenvalue weighted by Crippen LogP contribution is 2.28. The molecule has 0 unspecified atom stereocenters. The minimum atomic E-state index is -0.0250. The maximum atomic E-state index is 11.9. The molecule has 1 aromatic carbocycles. The van der Waals surface area contributed by atoms with E-state index in [0.717, 1.165) is 24.5 Å². The molecule has 16 heavy (non-hydrogen) atoms. The van der Waals surface area contributed by atoms with Crippen LogP contribution in [-0.2, 0) is 0 Å². The van der Waals surface area contributed by atoms with Gasteiger partial charge in [0.1, 0.15) is 0 Å². The fraction of sp³-hybridized carbons (Fsp3) is 0.417. The van der Waals surface area contributed by atoms with Crippen LogP contribution in [0, 0.1) is 0 Å². The molecule has 2 rings (SSSR count).